The number of nitrogens with one attached hydrogen (secondary N) is 1. The van der Waals surface area contributed by atoms with Crippen molar-refractivity contribution >= 4 is 27.5 Å². The quantitative estimate of drug-likeness (QED) is 0.707. The molecule has 0 radical (unpaired) electrons. The molecule has 0 atom stereocenters. The van der Waals surface area contributed by atoms with Crippen molar-refractivity contribution in [2.45, 2.75) is 25.7 Å². The summed E-state index contributed by atoms with van der Waals surface area (Å²) in [4.78, 5) is 20.6. The number of aromatic amines is 1. The fourth-order valence-corrected chi connectivity index (χ4v) is 3.45. The molecule has 15 heavy (non-hydrogen) atoms. The van der Waals surface area contributed by atoms with E-state index in [1.807, 2.05) is 0 Å². The largest absolute Gasteiger partial charge is 0.369 e. The van der Waals surface area contributed by atoms with E-state index in [9.17, 15) is 4.79 Å². The van der Waals surface area contributed by atoms with Crippen LogP contribution in [0.15, 0.2) is 4.79 Å². The Morgan fingerprint density at radius 1 is 1.33 bits per heavy atom. The number of nitrogen functional groups attached to an aromatic ring is 1. The number of aryl methyl sites for hydroxylation is 2. The lowest BCUT2D eigenvalue weighted by atomic mass is 9.97. The van der Waals surface area contributed by atoms with Gasteiger partial charge in [0.15, 0.2) is 0 Å². The predicted octanol–water partition coefficient (Wildman–Crippen LogP) is 1.45. The van der Waals surface area contributed by atoms with Crippen molar-refractivity contribution in [3.05, 3.63) is 20.8 Å². The van der Waals surface area contributed by atoms with Gasteiger partial charge in [-0.15, -0.1) is 11.3 Å². The van der Waals surface area contributed by atoms with Gasteiger partial charge in [0.1, 0.15) is 4.83 Å². The van der Waals surface area contributed by atoms with Crippen molar-refractivity contribution in [2.24, 2.45) is 0 Å². The van der Waals surface area contributed by atoms with E-state index in [4.69, 9.17) is 5.73 Å². The molecule has 1 aliphatic rings. The van der Waals surface area contributed by atoms with Gasteiger partial charge in [-0.05, 0) is 31.2 Å². The molecule has 0 bridgehead atoms. The maximum Gasteiger partial charge on any atom is 0.261 e. The smallest absolute Gasteiger partial charge is 0.261 e. The van der Waals surface area contributed by atoms with Gasteiger partial charge in [-0.2, -0.15) is 0 Å². The van der Waals surface area contributed by atoms with Crippen molar-refractivity contribution in [3.8, 4) is 0 Å². The summed E-state index contributed by atoms with van der Waals surface area (Å²) < 4.78 is 0. The molecule has 0 spiro atoms. The van der Waals surface area contributed by atoms with E-state index < -0.39 is 0 Å². The third-order valence-electron chi connectivity index (χ3n) is 2.84. The Hall–Kier alpha value is -1.36. The van der Waals surface area contributed by atoms with E-state index >= 15 is 0 Å². The zero-order valence-corrected chi connectivity index (χ0v) is 8.99. The first-order chi connectivity index (χ1) is 7.25. The molecule has 4 nitrogen and oxygen atoms in total. The van der Waals surface area contributed by atoms with E-state index in [2.05, 4.69) is 9.97 Å². The maximum absolute atomic E-state index is 11.8. The zero-order chi connectivity index (χ0) is 10.4. The number of rotatable bonds is 0. The molecule has 0 saturated carbocycles. The van der Waals surface area contributed by atoms with E-state index in [0.29, 0.717) is 0 Å². The van der Waals surface area contributed by atoms with Crippen LogP contribution in [0.5, 0.6) is 0 Å². The summed E-state index contributed by atoms with van der Waals surface area (Å²) in [6, 6.07) is 0. The SMILES string of the molecule is Nc1nc2sc3c(c2c(=O)[nH]1)CCCC3. The van der Waals surface area contributed by atoms with Crippen LogP contribution in [-0.2, 0) is 12.8 Å². The van der Waals surface area contributed by atoms with Crippen LogP contribution in [0.25, 0.3) is 10.2 Å². The van der Waals surface area contributed by atoms with E-state index in [1.54, 1.807) is 11.3 Å². The van der Waals surface area contributed by atoms with Crippen molar-refractivity contribution in [3.63, 3.8) is 0 Å². The third-order valence-corrected chi connectivity index (χ3v) is 4.03. The first-order valence-corrected chi connectivity index (χ1v) is 5.87. The van der Waals surface area contributed by atoms with Crippen LogP contribution in [0.3, 0.4) is 0 Å². The number of anilines is 1. The topological polar surface area (TPSA) is 71.8 Å². The number of hydrogen-bond acceptors (Lipinski definition) is 4. The van der Waals surface area contributed by atoms with Crippen LogP contribution in [0.2, 0.25) is 0 Å². The maximum atomic E-state index is 11.8. The molecule has 0 aliphatic heterocycles. The van der Waals surface area contributed by atoms with E-state index in [0.717, 1.165) is 23.1 Å². The highest BCUT2D eigenvalue weighted by molar-refractivity contribution is 7.18. The van der Waals surface area contributed by atoms with Crippen LogP contribution >= 0.6 is 11.3 Å². The van der Waals surface area contributed by atoms with Gasteiger partial charge < -0.3 is 5.73 Å². The summed E-state index contributed by atoms with van der Waals surface area (Å²) in [7, 11) is 0. The Morgan fingerprint density at radius 2 is 2.13 bits per heavy atom. The van der Waals surface area contributed by atoms with Crippen LogP contribution < -0.4 is 11.3 Å². The van der Waals surface area contributed by atoms with Crippen LogP contribution in [0, 0.1) is 0 Å². The zero-order valence-electron chi connectivity index (χ0n) is 8.17. The lowest BCUT2D eigenvalue weighted by Gasteiger charge is -2.09. The van der Waals surface area contributed by atoms with Gasteiger partial charge in [0.2, 0.25) is 5.95 Å². The molecule has 0 aromatic carbocycles. The van der Waals surface area contributed by atoms with Crippen molar-refractivity contribution in [1.29, 1.82) is 0 Å². The average molecular weight is 221 g/mol. The molecular weight excluding hydrogens is 210 g/mol. The van der Waals surface area contributed by atoms with Gasteiger partial charge in [0.05, 0.1) is 5.39 Å². The second-order valence-electron chi connectivity index (χ2n) is 3.84. The Kier molecular flexibility index (Phi) is 1.82. The van der Waals surface area contributed by atoms with Crippen molar-refractivity contribution in [1.82, 2.24) is 9.97 Å². The normalized spacial score (nSPS) is 15.5. The number of thiophene rings is 1. The number of fused-ring (bicyclic) bond motifs is 3. The predicted molar refractivity (Wildman–Crippen MR) is 61.3 cm³/mol. The monoisotopic (exact) mass is 221 g/mol. The molecule has 0 amide bonds. The molecule has 5 heteroatoms. The lowest BCUT2D eigenvalue weighted by Crippen LogP contribution is -2.12. The number of hydrogen-bond donors (Lipinski definition) is 2. The summed E-state index contributed by atoms with van der Waals surface area (Å²) >= 11 is 1.62. The Balaban J connectivity index is 2.42. The van der Waals surface area contributed by atoms with Gasteiger partial charge in [-0.3, -0.25) is 9.78 Å². The fourth-order valence-electron chi connectivity index (χ4n) is 2.18. The molecule has 1 aliphatic carbocycles. The van der Waals surface area contributed by atoms with Crippen LogP contribution in [0.4, 0.5) is 5.95 Å². The third kappa shape index (κ3) is 1.26. The minimum atomic E-state index is -0.0862. The van der Waals surface area contributed by atoms with Crippen LogP contribution in [-0.4, -0.2) is 9.97 Å². The van der Waals surface area contributed by atoms with E-state index in [-0.39, 0.29) is 11.5 Å². The molecule has 0 saturated heterocycles. The molecule has 2 aromatic heterocycles. The van der Waals surface area contributed by atoms with Crippen molar-refractivity contribution < 1.29 is 0 Å². The van der Waals surface area contributed by atoms with Crippen molar-refractivity contribution in [2.75, 3.05) is 5.73 Å². The highest BCUT2D eigenvalue weighted by Crippen LogP contribution is 2.33. The first-order valence-electron chi connectivity index (χ1n) is 5.06. The van der Waals surface area contributed by atoms with Gasteiger partial charge in [0, 0.05) is 4.88 Å². The number of nitrogens with two attached hydrogens (primary N) is 1. The summed E-state index contributed by atoms with van der Waals surface area (Å²) in [6.07, 6.45) is 4.47. The highest BCUT2D eigenvalue weighted by Gasteiger charge is 2.19. The standard InChI is InChI=1S/C10H11N3OS/c11-10-12-8(14)7-5-3-1-2-4-6(5)15-9(7)13-10/h1-4H2,(H3,11,12,13,14). The molecule has 2 aromatic rings. The number of H-pyrrole nitrogens is 1. The van der Waals surface area contributed by atoms with Gasteiger partial charge in [-0.25, -0.2) is 4.98 Å². The summed E-state index contributed by atoms with van der Waals surface area (Å²) in [5.74, 6) is 0.214. The molecule has 2 heterocycles. The molecule has 78 valence electrons. The molecule has 3 rings (SSSR count). The fraction of sp³-hybridized carbons (Fsp3) is 0.400. The van der Waals surface area contributed by atoms with Gasteiger partial charge in [0.25, 0.3) is 5.56 Å². The summed E-state index contributed by atoms with van der Waals surface area (Å²) in [5.41, 5.74) is 6.64. The van der Waals surface area contributed by atoms with Gasteiger partial charge in [-0.1, -0.05) is 0 Å². The molecule has 0 fully saturated rings. The summed E-state index contributed by atoms with van der Waals surface area (Å²) in [6.45, 7) is 0. The number of nitrogens with zero attached hydrogens (tertiary/aromatic N) is 1. The second kappa shape index (κ2) is 3.06. The molecular formula is C10H11N3OS. The number of aromatic nitrogens is 2. The summed E-state index contributed by atoms with van der Waals surface area (Å²) in [5, 5.41) is 0.768. The van der Waals surface area contributed by atoms with Gasteiger partial charge >= 0.3 is 0 Å². The Labute approximate surface area is 90.1 Å². The van der Waals surface area contributed by atoms with E-state index in [1.165, 1.54) is 23.3 Å². The second-order valence-corrected chi connectivity index (χ2v) is 4.93. The molecule has 3 N–H and O–H groups in total. The minimum absolute atomic E-state index is 0.0862. The minimum Gasteiger partial charge on any atom is -0.369 e. The Morgan fingerprint density at radius 3 is 3.00 bits per heavy atom. The highest BCUT2D eigenvalue weighted by atomic mass is 32.1. The first kappa shape index (κ1) is 8.91. The Bertz CT molecular complexity index is 584. The molecule has 0 unspecified atom stereocenters. The average Bonchev–Trinajstić information content (AvgIpc) is 2.54. The van der Waals surface area contributed by atoms with Crippen LogP contribution in [0.1, 0.15) is 23.3 Å². The lowest BCUT2D eigenvalue weighted by molar-refractivity contribution is 0.700.